The molecule has 136 valence electrons. The summed E-state index contributed by atoms with van der Waals surface area (Å²) in [5, 5.41) is 2.93. The molecule has 1 saturated heterocycles. The fraction of sp³-hybridized carbons (Fsp3) is 0.333. The third-order valence-electron chi connectivity index (χ3n) is 4.50. The summed E-state index contributed by atoms with van der Waals surface area (Å²) in [6.07, 6.45) is 1.49. The van der Waals surface area contributed by atoms with Crippen molar-refractivity contribution in [3.05, 3.63) is 59.7 Å². The van der Waals surface area contributed by atoms with E-state index in [0.29, 0.717) is 13.0 Å². The van der Waals surface area contributed by atoms with Gasteiger partial charge in [-0.15, -0.1) is 0 Å². The first kappa shape index (κ1) is 18.1. The van der Waals surface area contributed by atoms with E-state index in [2.05, 4.69) is 36.5 Å². The molecule has 26 heavy (non-hydrogen) atoms. The summed E-state index contributed by atoms with van der Waals surface area (Å²) >= 11 is 0. The third kappa shape index (κ3) is 4.70. The lowest BCUT2D eigenvalue weighted by Gasteiger charge is -2.18. The molecule has 1 aliphatic rings. The number of hydrogen-bond donors (Lipinski definition) is 1. The van der Waals surface area contributed by atoms with Crippen LogP contribution < -0.4 is 10.2 Å². The Morgan fingerprint density at radius 3 is 2.65 bits per heavy atom. The van der Waals surface area contributed by atoms with E-state index in [1.807, 2.05) is 36.2 Å². The first-order valence-electron chi connectivity index (χ1n) is 8.95. The summed E-state index contributed by atoms with van der Waals surface area (Å²) < 4.78 is 0. The Kier molecular flexibility index (Phi) is 5.68. The lowest BCUT2D eigenvalue weighted by Crippen LogP contribution is -2.30. The van der Waals surface area contributed by atoms with E-state index in [9.17, 15) is 9.59 Å². The van der Waals surface area contributed by atoms with Crippen LogP contribution in [0.1, 0.15) is 24.0 Å². The second-order valence-electron chi connectivity index (χ2n) is 6.91. The van der Waals surface area contributed by atoms with Crippen LogP contribution in [-0.2, 0) is 16.1 Å². The number of nitrogens with zero attached hydrogens (tertiary/aromatic N) is 2. The zero-order valence-corrected chi connectivity index (χ0v) is 15.4. The quantitative estimate of drug-likeness (QED) is 0.870. The SMILES string of the molecule is Cc1ccc(CN(C)CC(=O)Nc2cccc(N3CCCC3=O)c2)cc1. The first-order chi connectivity index (χ1) is 12.5. The number of carbonyl (C=O) groups excluding carboxylic acids is 2. The summed E-state index contributed by atoms with van der Waals surface area (Å²) in [6.45, 7) is 3.83. The van der Waals surface area contributed by atoms with Crippen LogP contribution in [-0.4, -0.2) is 36.9 Å². The number of hydrogen-bond acceptors (Lipinski definition) is 3. The molecule has 5 nitrogen and oxygen atoms in total. The van der Waals surface area contributed by atoms with E-state index in [1.54, 1.807) is 4.90 Å². The smallest absolute Gasteiger partial charge is 0.238 e. The molecule has 1 N–H and O–H groups in total. The minimum absolute atomic E-state index is 0.0653. The van der Waals surface area contributed by atoms with Crippen LogP contribution in [0.5, 0.6) is 0 Å². The average Bonchev–Trinajstić information content (AvgIpc) is 3.03. The van der Waals surface area contributed by atoms with E-state index in [4.69, 9.17) is 0 Å². The number of carbonyl (C=O) groups is 2. The van der Waals surface area contributed by atoms with Crippen molar-refractivity contribution in [1.82, 2.24) is 4.90 Å². The largest absolute Gasteiger partial charge is 0.325 e. The van der Waals surface area contributed by atoms with Gasteiger partial charge in [0.05, 0.1) is 6.54 Å². The second-order valence-corrected chi connectivity index (χ2v) is 6.91. The fourth-order valence-corrected chi connectivity index (χ4v) is 3.18. The predicted octanol–water partition coefficient (Wildman–Crippen LogP) is 3.19. The highest BCUT2D eigenvalue weighted by atomic mass is 16.2. The zero-order valence-electron chi connectivity index (χ0n) is 15.4. The molecule has 3 rings (SSSR count). The van der Waals surface area contributed by atoms with Gasteiger partial charge in [-0.1, -0.05) is 35.9 Å². The molecule has 0 radical (unpaired) electrons. The number of nitrogens with one attached hydrogen (secondary N) is 1. The summed E-state index contributed by atoms with van der Waals surface area (Å²) in [5.41, 5.74) is 3.97. The molecule has 0 saturated carbocycles. The maximum absolute atomic E-state index is 12.3. The number of rotatable bonds is 6. The van der Waals surface area contributed by atoms with Gasteiger partial charge in [0.25, 0.3) is 0 Å². The zero-order chi connectivity index (χ0) is 18.5. The van der Waals surface area contributed by atoms with E-state index >= 15 is 0 Å². The Hall–Kier alpha value is -2.66. The number of amides is 2. The van der Waals surface area contributed by atoms with Crippen LogP contribution in [0, 0.1) is 6.92 Å². The van der Waals surface area contributed by atoms with Crippen molar-refractivity contribution in [2.24, 2.45) is 0 Å². The Balaban J connectivity index is 1.56. The van der Waals surface area contributed by atoms with Gasteiger partial charge in [-0.2, -0.15) is 0 Å². The predicted molar refractivity (Wildman–Crippen MR) is 104 cm³/mol. The molecular formula is C21H25N3O2. The normalized spacial score (nSPS) is 14.1. The first-order valence-corrected chi connectivity index (χ1v) is 8.95. The van der Waals surface area contributed by atoms with Crippen LogP contribution in [0.25, 0.3) is 0 Å². The van der Waals surface area contributed by atoms with Crippen LogP contribution in [0.3, 0.4) is 0 Å². The van der Waals surface area contributed by atoms with E-state index in [-0.39, 0.29) is 11.8 Å². The molecule has 0 aromatic heterocycles. The molecule has 2 aromatic rings. The highest BCUT2D eigenvalue weighted by molar-refractivity contribution is 5.97. The molecule has 2 aromatic carbocycles. The van der Waals surface area contributed by atoms with E-state index < -0.39 is 0 Å². The molecular weight excluding hydrogens is 326 g/mol. The molecule has 2 amide bonds. The van der Waals surface area contributed by atoms with Gasteiger partial charge in [-0.25, -0.2) is 0 Å². The average molecular weight is 351 g/mol. The highest BCUT2D eigenvalue weighted by Crippen LogP contribution is 2.24. The standard InChI is InChI=1S/C21H25N3O2/c1-16-8-10-17(11-9-16)14-23(2)15-20(25)22-18-5-3-6-19(13-18)24-12-4-7-21(24)26/h3,5-6,8-11,13H,4,7,12,14-15H2,1-2H3,(H,22,25). The van der Waals surface area contributed by atoms with Gasteiger partial charge in [0.1, 0.15) is 0 Å². The van der Waals surface area contributed by atoms with Gasteiger partial charge in [0, 0.05) is 30.9 Å². The number of benzene rings is 2. The topological polar surface area (TPSA) is 52.7 Å². The molecule has 0 aliphatic carbocycles. The lowest BCUT2D eigenvalue weighted by molar-refractivity contribution is -0.117. The van der Waals surface area contributed by atoms with Crippen molar-refractivity contribution in [3.8, 4) is 0 Å². The number of aryl methyl sites for hydroxylation is 1. The fourth-order valence-electron chi connectivity index (χ4n) is 3.18. The number of likely N-dealkylation sites (N-methyl/N-ethyl adjacent to an activating group) is 1. The van der Waals surface area contributed by atoms with E-state index in [1.165, 1.54) is 11.1 Å². The van der Waals surface area contributed by atoms with Crippen molar-refractivity contribution >= 4 is 23.2 Å². The number of anilines is 2. The summed E-state index contributed by atoms with van der Waals surface area (Å²) in [5.74, 6) is 0.0795. The van der Waals surface area contributed by atoms with Crippen molar-refractivity contribution in [2.75, 3.05) is 30.4 Å². The molecule has 5 heteroatoms. The maximum Gasteiger partial charge on any atom is 0.238 e. The molecule has 0 spiro atoms. The van der Waals surface area contributed by atoms with Crippen LogP contribution >= 0.6 is 0 Å². The van der Waals surface area contributed by atoms with Gasteiger partial charge in [0.15, 0.2) is 0 Å². The molecule has 0 bridgehead atoms. The van der Waals surface area contributed by atoms with Gasteiger partial charge in [-0.05, 0) is 44.2 Å². The van der Waals surface area contributed by atoms with Crippen LogP contribution in [0.2, 0.25) is 0 Å². The summed E-state index contributed by atoms with van der Waals surface area (Å²) in [4.78, 5) is 28.0. The Bertz CT molecular complexity index is 786. The second kappa shape index (κ2) is 8.15. The highest BCUT2D eigenvalue weighted by Gasteiger charge is 2.21. The Morgan fingerprint density at radius 1 is 1.19 bits per heavy atom. The van der Waals surface area contributed by atoms with Crippen molar-refractivity contribution in [3.63, 3.8) is 0 Å². The molecule has 0 unspecified atom stereocenters. The maximum atomic E-state index is 12.3. The Morgan fingerprint density at radius 2 is 1.96 bits per heavy atom. The molecule has 1 aliphatic heterocycles. The molecule has 1 heterocycles. The monoisotopic (exact) mass is 351 g/mol. The van der Waals surface area contributed by atoms with Crippen molar-refractivity contribution < 1.29 is 9.59 Å². The van der Waals surface area contributed by atoms with Gasteiger partial charge in [0.2, 0.25) is 11.8 Å². The molecule has 1 fully saturated rings. The van der Waals surface area contributed by atoms with Gasteiger partial charge >= 0.3 is 0 Å². The minimum Gasteiger partial charge on any atom is -0.325 e. The van der Waals surface area contributed by atoms with Crippen LogP contribution in [0.4, 0.5) is 11.4 Å². The van der Waals surface area contributed by atoms with Gasteiger partial charge in [-0.3, -0.25) is 14.5 Å². The Labute approximate surface area is 154 Å². The van der Waals surface area contributed by atoms with E-state index in [0.717, 1.165) is 30.9 Å². The van der Waals surface area contributed by atoms with Gasteiger partial charge < -0.3 is 10.2 Å². The van der Waals surface area contributed by atoms with Crippen molar-refractivity contribution in [2.45, 2.75) is 26.3 Å². The van der Waals surface area contributed by atoms with Crippen molar-refractivity contribution in [1.29, 1.82) is 0 Å². The third-order valence-corrected chi connectivity index (χ3v) is 4.50. The summed E-state index contributed by atoms with van der Waals surface area (Å²) in [6, 6.07) is 15.8. The minimum atomic E-state index is -0.0653. The van der Waals surface area contributed by atoms with Crippen LogP contribution in [0.15, 0.2) is 48.5 Å². The molecule has 0 atom stereocenters. The lowest BCUT2D eigenvalue weighted by atomic mass is 10.1. The summed E-state index contributed by atoms with van der Waals surface area (Å²) in [7, 11) is 1.93.